The van der Waals surface area contributed by atoms with E-state index >= 15 is 0 Å². The maximum Gasteiger partial charge on any atom is 0.222 e. The molecule has 0 aliphatic rings. The molecule has 0 atom stereocenters. The Kier molecular flexibility index (Phi) is 5.75. The highest BCUT2D eigenvalue weighted by molar-refractivity contribution is 6.32. The average molecular weight is 315 g/mol. The highest BCUT2D eigenvalue weighted by Crippen LogP contribution is 2.19. The van der Waals surface area contributed by atoms with E-state index < -0.39 is 0 Å². The molecule has 2 rings (SSSR count). The molecule has 0 unspecified atom stereocenters. The van der Waals surface area contributed by atoms with Gasteiger partial charge in [0.2, 0.25) is 5.91 Å². The molecule has 5 nitrogen and oxygen atoms in total. The maximum atomic E-state index is 11.7. The number of aromatic nitrogens is 1. The highest BCUT2D eigenvalue weighted by atomic mass is 35.5. The van der Waals surface area contributed by atoms with Gasteiger partial charge in [0.1, 0.15) is 6.07 Å². The Hall–Kier alpha value is -2.58. The molecular weight excluding hydrogens is 300 g/mol. The molecule has 2 aromatic rings. The lowest BCUT2D eigenvalue weighted by molar-refractivity contribution is -0.121. The van der Waals surface area contributed by atoms with E-state index in [1.807, 2.05) is 18.2 Å². The molecule has 0 fully saturated rings. The van der Waals surface area contributed by atoms with Crippen molar-refractivity contribution in [3.63, 3.8) is 0 Å². The molecule has 22 heavy (non-hydrogen) atoms. The third-order valence-corrected chi connectivity index (χ3v) is 3.32. The minimum atomic E-state index is -0.0379. The van der Waals surface area contributed by atoms with Crippen LogP contribution in [0.3, 0.4) is 0 Å². The van der Waals surface area contributed by atoms with Crippen molar-refractivity contribution in [3.8, 4) is 6.07 Å². The van der Waals surface area contributed by atoms with Crippen LogP contribution in [0.15, 0.2) is 42.7 Å². The molecular formula is C16H15ClN4O. The summed E-state index contributed by atoms with van der Waals surface area (Å²) < 4.78 is 0. The van der Waals surface area contributed by atoms with Crippen LogP contribution in [0.4, 0.5) is 5.69 Å². The van der Waals surface area contributed by atoms with Crippen molar-refractivity contribution in [2.75, 3.05) is 11.9 Å². The van der Waals surface area contributed by atoms with E-state index in [4.69, 9.17) is 16.9 Å². The van der Waals surface area contributed by atoms with E-state index in [1.165, 1.54) is 0 Å². The molecule has 0 saturated carbocycles. The maximum absolute atomic E-state index is 11.7. The van der Waals surface area contributed by atoms with Crippen molar-refractivity contribution in [1.29, 1.82) is 5.26 Å². The number of nitrogens with one attached hydrogen (secondary N) is 2. The van der Waals surface area contributed by atoms with Crippen LogP contribution in [0.1, 0.15) is 17.5 Å². The summed E-state index contributed by atoms with van der Waals surface area (Å²) in [6, 6.07) is 10.8. The summed E-state index contributed by atoms with van der Waals surface area (Å²) in [5.41, 5.74) is 2.23. The molecule has 0 bridgehead atoms. The molecule has 0 aliphatic carbocycles. The van der Waals surface area contributed by atoms with Gasteiger partial charge in [-0.2, -0.15) is 5.26 Å². The van der Waals surface area contributed by atoms with Gasteiger partial charge in [0.15, 0.2) is 0 Å². The van der Waals surface area contributed by atoms with Crippen LogP contribution < -0.4 is 10.6 Å². The Bertz CT molecular complexity index is 682. The molecule has 2 N–H and O–H groups in total. The van der Waals surface area contributed by atoms with Gasteiger partial charge in [0.25, 0.3) is 0 Å². The fraction of sp³-hybridized carbons (Fsp3) is 0.188. The van der Waals surface area contributed by atoms with Gasteiger partial charge in [-0.05, 0) is 35.9 Å². The predicted octanol–water partition coefficient (Wildman–Crippen LogP) is 2.73. The topological polar surface area (TPSA) is 77.8 Å². The van der Waals surface area contributed by atoms with E-state index in [2.05, 4.69) is 15.6 Å². The normalized spacial score (nSPS) is 9.82. The van der Waals surface area contributed by atoms with Crippen LogP contribution in [-0.4, -0.2) is 17.4 Å². The summed E-state index contributed by atoms with van der Waals surface area (Å²) in [6.07, 6.45) is 3.73. The van der Waals surface area contributed by atoms with Crippen molar-refractivity contribution in [1.82, 2.24) is 10.3 Å². The number of rotatable bonds is 6. The summed E-state index contributed by atoms with van der Waals surface area (Å²) in [5.74, 6) is -0.0379. The second kappa shape index (κ2) is 8.01. The second-order valence-electron chi connectivity index (χ2n) is 4.62. The molecule has 1 aromatic heterocycles. The number of benzene rings is 1. The van der Waals surface area contributed by atoms with Crippen molar-refractivity contribution >= 4 is 23.2 Å². The molecule has 0 spiro atoms. The first-order chi connectivity index (χ1) is 10.7. The monoisotopic (exact) mass is 314 g/mol. The zero-order valence-electron chi connectivity index (χ0n) is 11.8. The van der Waals surface area contributed by atoms with Gasteiger partial charge in [-0.25, -0.2) is 0 Å². The van der Waals surface area contributed by atoms with Crippen LogP contribution in [0.2, 0.25) is 5.02 Å². The lowest BCUT2D eigenvalue weighted by atomic mass is 10.2. The Morgan fingerprint density at radius 3 is 2.73 bits per heavy atom. The Balaban J connectivity index is 1.73. The van der Waals surface area contributed by atoms with Gasteiger partial charge in [0, 0.05) is 37.6 Å². The largest absolute Gasteiger partial charge is 0.384 e. The highest BCUT2D eigenvalue weighted by Gasteiger charge is 2.03. The Morgan fingerprint density at radius 2 is 2.05 bits per heavy atom. The average Bonchev–Trinajstić information content (AvgIpc) is 2.54. The molecule has 112 valence electrons. The van der Waals surface area contributed by atoms with Gasteiger partial charge in [-0.15, -0.1) is 0 Å². The lowest BCUT2D eigenvalue weighted by Crippen LogP contribution is -2.24. The fourth-order valence-electron chi connectivity index (χ4n) is 1.83. The number of pyridine rings is 1. The molecule has 0 radical (unpaired) electrons. The molecule has 0 aliphatic heterocycles. The molecule has 1 aromatic carbocycles. The number of carbonyl (C=O) groups excluding carboxylic acids is 1. The van der Waals surface area contributed by atoms with Crippen LogP contribution >= 0.6 is 11.6 Å². The predicted molar refractivity (Wildman–Crippen MR) is 85.4 cm³/mol. The number of amides is 1. The number of carbonyl (C=O) groups is 1. The summed E-state index contributed by atoms with van der Waals surface area (Å²) >= 11 is 5.94. The van der Waals surface area contributed by atoms with Gasteiger partial charge in [-0.3, -0.25) is 9.78 Å². The van der Waals surface area contributed by atoms with Crippen LogP contribution in [0, 0.1) is 11.3 Å². The number of hydrogen-bond acceptors (Lipinski definition) is 4. The van der Waals surface area contributed by atoms with E-state index in [1.54, 1.807) is 30.6 Å². The van der Waals surface area contributed by atoms with Crippen molar-refractivity contribution in [3.05, 3.63) is 58.9 Å². The smallest absolute Gasteiger partial charge is 0.222 e. The first-order valence-corrected chi connectivity index (χ1v) is 7.16. The Morgan fingerprint density at radius 1 is 1.27 bits per heavy atom. The summed E-state index contributed by atoms with van der Waals surface area (Å²) in [6.45, 7) is 0.981. The SMILES string of the molecule is N#Cc1ccc(NCCC(=O)NCc2ccncc2)cc1Cl. The molecule has 6 heteroatoms. The number of halogens is 1. The minimum Gasteiger partial charge on any atom is -0.384 e. The first-order valence-electron chi connectivity index (χ1n) is 6.78. The molecule has 1 heterocycles. The van der Waals surface area contributed by atoms with E-state index in [9.17, 15) is 4.79 Å². The van der Waals surface area contributed by atoms with Crippen molar-refractivity contribution in [2.45, 2.75) is 13.0 Å². The fourth-order valence-corrected chi connectivity index (χ4v) is 2.05. The van der Waals surface area contributed by atoms with Gasteiger partial charge in [0.05, 0.1) is 10.6 Å². The quantitative estimate of drug-likeness (QED) is 0.859. The van der Waals surface area contributed by atoms with Crippen LogP contribution in [0.25, 0.3) is 0 Å². The van der Waals surface area contributed by atoms with Gasteiger partial charge < -0.3 is 10.6 Å². The van der Waals surface area contributed by atoms with Crippen molar-refractivity contribution in [2.24, 2.45) is 0 Å². The zero-order chi connectivity index (χ0) is 15.8. The summed E-state index contributed by atoms with van der Waals surface area (Å²) in [7, 11) is 0. The third kappa shape index (κ3) is 4.76. The van der Waals surface area contributed by atoms with E-state index in [0.717, 1.165) is 11.3 Å². The van der Waals surface area contributed by atoms with Crippen LogP contribution in [0.5, 0.6) is 0 Å². The first kappa shape index (κ1) is 15.8. The minimum absolute atomic E-state index is 0.0379. The standard InChI is InChI=1S/C16H15ClN4O/c17-15-9-14(2-1-13(15)10-18)20-8-5-16(22)21-11-12-3-6-19-7-4-12/h1-4,6-7,9,20H,5,8,11H2,(H,21,22). The Labute approximate surface area is 133 Å². The number of nitriles is 1. The second-order valence-corrected chi connectivity index (χ2v) is 5.02. The zero-order valence-corrected chi connectivity index (χ0v) is 12.6. The molecule has 1 amide bonds. The molecule has 0 saturated heterocycles. The lowest BCUT2D eigenvalue weighted by Gasteiger charge is -2.08. The van der Waals surface area contributed by atoms with Gasteiger partial charge in [-0.1, -0.05) is 11.6 Å². The van der Waals surface area contributed by atoms with E-state index in [-0.39, 0.29) is 5.91 Å². The number of nitrogens with zero attached hydrogens (tertiary/aromatic N) is 2. The van der Waals surface area contributed by atoms with Crippen molar-refractivity contribution < 1.29 is 4.79 Å². The summed E-state index contributed by atoms with van der Waals surface area (Å²) in [5, 5.41) is 15.1. The van der Waals surface area contributed by atoms with Crippen LogP contribution in [-0.2, 0) is 11.3 Å². The van der Waals surface area contributed by atoms with Gasteiger partial charge >= 0.3 is 0 Å². The number of hydrogen-bond donors (Lipinski definition) is 2. The third-order valence-electron chi connectivity index (χ3n) is 3.01. The summed E-state index contributed by atoms with van der Waals surface area (Å²) in [4.78, 5) is 15.7. The van der Waals surface area contributed by atoms with E-state index in [0.29, 0.717) is 30.1 Å². The number of anilines is 1.